The van der Waals surface area contributed by atoms with E-state index in [-0.39, 0.29) is 32.9 Å². The zero-order valence-electron chi connectivity index (χ0n) is 15.0. The number of rotatable bonds is 4. The molecule has 0 saturated heterocycles. The van der Waals surface area contributed by atoms with Gasteiger partial charge in [0, 0.05) is 38.3 Å². The van der Waals surface area contributed by atoms with Crippen molar-refractivity contribution in [2.24, 2.45) is 10.9 Å². The molecule has 0 aliphatic carbocycles. The minimum atomic E-state index is 0. The summed E-state index contributed by atoms with van der Waals surface area (Å²) in [6.07, 6.45) is 0. The molecule has 27 heavy (non-hydrogen) atoms. The number of aromatic hydroxyl groups is 1. The van der Waals surface area contributed by atoms with Crippen molar-refractivity contribution in [2.45, 2.75) is 19.9 Å². The molecular weight excluding hydrogens is 523 g/mol. The third-order valence-electron chi connectivity index (χ3n) is 4.33. The van der Waals surface area contributed by atoms with Crippen molar-refractivity contribution in [3.63, 3.8) is 0 Å². The number of fused-ring (bicyclic) bond motifs is 1. The van der Waals surface area contributed by atoms with Crippen molar-refractivity contribution in [1.82, 2.24) is 4.98 Å². The standard InChI is InChI=1S/C21H19N2O3.Pt/c1-13(2)17-12-25-21(22-17)15-6-3-7-16(11-15)26-19-10-9-14-5-4-8-18(24)20(14)23-19;/h3-10,13,17,24H,12H2,1-2H3;/q-1;/t17-;/m1./s1. The second-order valence-electron chi connectivity index (χ2n) is 6.59. The molecule has 0 fully saturated rings. The molecular formula is C21H19N2O3Pt-. The first-order valence-electron chi connectivity index (χ1n) is 8.60. The van der Waals surface area contributed by atoms with Crippen molar-refractivity contribution < 1.29 is 35.6 Å². The Balaban J connectivity index is 0.00000210. The second-order valence-corrected chi connectivity index (χ2v) is 6.59. The fraction of sp³-hybridized carbons (Fsp3) is 0.238. The fourth-order valence-electron chi connectivity index (χ4n) is 2.79. The molecule has 142 valence electrons. The molecule has 0 bridgehead atoms. The molecule has 2 heterocycles. The maximum atomic E-state index is 9.96. The number of phenolic OH excluding ortho intramolecular Hbond substituents is 1. The molecule has 4 rings (SSSR count). The number of para-hydroxylation sites is 1. The maximum Gasteiger partial charge on any atom is 0.217 e. The van der Waals surface area contributed by atoms with Crippen LogP contribution in [0.1, 0.15) is 19.4 Å². The molecule has 2 aromatic carbocycles. The number of phenols is 1. The van der Waals surface area contributed by atoms with Crippen LogP contribution in [0.2, 0.25) is 0 Å². The number of benzene rings is 2. The number of aliphatic imine (C=N–C) groups is 1. The van der Waals surface area contributed by atoms with Gasteiger partial charge in [-0.3, -0.25) is 4.99 Å². The largest absolute Gasteiger partial charge is 0.518 e. The molecule has 0 spiro atoms. The monoisotopic (exact) mass is 542 g/mol. The summed E-state index contributed by atoms with van der Waals surface area (Å²) >= 11 is 0. The Labute approximate surface area is 172 Å². The minimum absolute atomic E-state index is 0. The Morgan fingerprint density at radius 2 is 1.96 bits per heavy atom. The Bertz CT molecular complexity index is 988. The topological polar surface area (TPSA) is 63.9 Å². The van der Waals surface area contributed by atoms with E-state index < -0.39 is 0 Å². The van der Waals surface area contributed by atoms with Gasteiger partial charge in [-0.1, -0.05) is 37.6 Å². The Morgan fingerprint density at radius 3 is 2.74 bits per heavy atom. The van der Waals surface area contributed by atoms with Gasteiger partial charge in [-0.2, -0.15) is 0 Å². The van der Waals surface area contributed by atoms with E-state index in [4.69, 9.17) is 9.47 Å². The van der Waals surface area contributed by atoms with Crippen molar-refractivity contribution in [3.8, 4) is 17.4 Å². The Morgan fingerprint density at radius 1 is 1.15 bits per heavy atom. The van der Waals surface area contributed by atoms with Gasteiger partial charge in [0.05, 0.1) is 12.6 Å². The quantitative estimate of drug-likeness (QED) is 0.499. The first-order valence-corrected chi connectivity index (χ1v) is 8.60. The van der Waals surface area contributed by atoms with Crippen LogP contribution in [-0.2, 0) is 25.8 Å². The number of ether oxygens (including phenoxy) is 2. The van der Waals surface area contributed by atoms with Crippen molar-refractivity contribution in [3.05, 3.63) is 60.2 Å². The Kier molecular flexibility index (Phi) is 5.81. The number of pyridine rings is 1. The first kappa shape index (κ1) is 19.4. The summed E-state index contributed by atoms with van der Waals surface area (Å²) in [6, 6.07) is 17.8. The molecule has 0 amide bonds. The number of nitrogens with zero attached hydrogens (tertiary/aromatic N) is 2. The van der Waals surface area contributed by atoms with Gasteiger partial charge >= 0.3 is 0 Å². The SMILES string of the molecule is CC(C)[C@H]1COC(c2[c-]c(Oc3ccc4cccc(O)c4n3)ccc2)=N1.[Pt]. The van der Waals surface area contributed by atoms with Crippen LogP contribution < -0.4 is 4.74 Å². The molecule has 1 aromatic heterocycles. The van der Waals surface area contributed by atoms with Crippen LogP contribution in [0, 0.1) is 12.0 Å². The summed E-state index contributed by atoms with van der Waals surface area (Å²) in [5, 5.41) is 10.8. The van der Waals surface area contributed by atoms with Crippen LogP contribution in [0.15, 0.2) is 53.5 Å². The zero-order valence-corrected chi connectivity index (χ0v) is 17.2. The first-order chi connectivity index (χ1) is 12.6. The van der Waals surface area contributed by atoms with E-state index in [2.05, 4.69) is 29.9 Å². The summed E-state index contributed by atoms with van der Waals surface area (Å²) in [5.74, 6) is 2.06. The summed E-state index contributed by atoms with van der Waals surface area (Å²) in [4.78, 5) is 9.00. The van der Waals surface area contributed by atoms with Crippen LogP contribution in [0.4, 0.5) is 0 Å². The van der Waals surface area contributed by atoms with Crippen LogP contribution in [0.5, 0.6) is 17.4 Å². The Hall–Kier alpha value is -2.39. The van der Waals surface area contributed by atoms with Gasteiger partial charge in [-0.05, 0) is 18.1 Å². The third kappa shape index (κ3) is 4.14. The molecule has 6 heteroatoms. The summed E-state index contributed by atoms with van der Waals surface area (Å²) in [7, 11) is 0. The van der Waals surface area contributed by atoms with Gasteiger partial charge in [0.2, 0.25) is 5.88 Å². The molecule has 1 N–H and O–H groups in total. The van der Waals surface area contributed by atoms with Gasteiger partial charge in [-0.15, -0.1) is 18.2 Å². The average molecular weight is 542 g/mol. The number of aromatic nitrogens is 1. The van der Waals surface area contributed by atoms with E-state index in [0.717, 1.165) is 10.9 Å². The van der Waals surface area contributed by atoms with Gasteiger partial charge in [0.15, 0.2) is 0 Å². The fourth-order valence-corrected chi connectivity index (χ4v) is 2.79. The molecule has 1 aliphatic rings. The maximum absolute atomic E-state index is 9.96. The van der Waals surface area contributed by atoms with E-state index in [1.165, 1.54) is 0 Å². The number of hydrogen-bond donors (Lipinski definition) is 1. The van der Waals surface area contributed by atoms with Gasteiger partial charge in [-0.25, -0.2) is 4.98 Å². The van der Waals surface area contributed by atoms with E-state index in [1.807, 2.05) is 24.3 Å². The third-order valence-corrected chi connectivity index (χ3v) is 4.33. The van der Waals surface area contributed by atoms with Gasteiger partial charge in [0.25, 0.3) is 0 Å². The van der Waals surface area contributed by atoms with Gasteiger partial charge in [0.1, 0.15) is 17.2 Å². The van der Waals surface area contributed by atoms with Gasteiger partial charge < -0.3 is 14.6 Å². The predicted octanol–water partition coefficient (Wildman–Crippen LogP) is 4.33. The van der Waals surface area contributed by atoms with E-state index in [0.29, 0.717) is 35.6 Å². The normalized spacial score (nSPS) is 16.0. The van der Waals surface area contributed by atoms with Crippen LogP contribution >= 0.6 is 0 Å². The van der Waals surface area contributed by atoms with Crippen LogP contribution in [-0.4, -0.2) is 28.6 Å². The second kappa shape index (κ2) is 8.10. The molecule has 0 radical (unpaired) electrons. The zero-order chi connectivity index (χ0) is 18.1. The van der Waals surface area contributed by atoms with Crippen molar-refractivity contribution in [1.29, 1.82) is 0 Å². The smallest absolute Gasteiger partial charge is 0.217 e. The number of hydrogen-bond acceptors (Lipinski definition) is 5. The minimum Gasteiger partial charge on any atom is -0.518 e. The predicted molar refractivity (Wildman–Crippen MR) is 99.9 cm³/mol. The summed E-state index contributed by atoms with van der Waals surface area (Å²) < 4.78 is 11.5. The average Bonchev–Trinajstić information content (AvgIpc) is 3.13. The molecule has 1 atom stereocenters. The van der Waals surface area contributed by atoms with E-state index >= 15 is 0 Å². The van der Waals surface area contributed by atoms with Crippen LogP contribution in [0.3, 0.4) is 0 Å². The molecule has 3 aromatic rings. The summed E-state index contributed by atoms with van der Waals surface area (Å²) in [6.45, 7) is 4.85. The van der Waals surface area contributed by atoms with Crippen LogP contribution in [0.25, 0.3) is 10.9 Å². The van der Waals surface area contributed by atoms with Crippen molar-refractivity contribution >= 4 is 16.8 Å². The molecule has 0 saturated carbocycles. The molecule has 1 aliphatic heterocycles. The van der Waals surface area contributed by atoms with E-state index in [9.17, 15) is 5.11 Å². The molecule has 0 unspecified atom stereocenters. The van der Waals surface area contributed by atoms with Crippen molar-refractivity contribution in [2.75, 3.05) is 6.61 Å². The summed E-state index contributed by atoms with van der Waals surface area (Å²) in [5.41, 5.74) is 1.26. The molecule has 5 nitrogen and oxygen atoms in total. The van der Waals surface area contributed by atoms with E-state index in [1.54, 1.807) is 24.3 Å².